The Kier molecular flexibility index (Phi) is 4.45. The zero-order chi connectivity index (χ0) is 25.7. The van der Waals surface area contributed by atoms with E-state index in [-0.39, 0.29) is 0 Å². The minimum absolute atomic E-state index is 1.10. The van der Waals surface area contributed by atoms with Crippen molar-refractivity contribution in [2.24, 2.45) is 0 Å². The van der Waals surface area contributed by atoms with E-state index in [1.165, 1.54) is 82.0 Å². The van der Waals surface area contributed by atoms with E-state index in [9.17, 15) is 0 Å². The van der Waals surface area contributed by atoms with Gasteiger partial charge in [-0.3, -0.25) is 2.78 Å². The molecule has 2 heterocycles. The van der Waals surface area contributed by atoms with Crippen molar-refractivity contribution in [3.05, 3.63) is 121 Å². The molecule has 0 aliphatic heterocycles. The molecule has 6 aromatic carbocycles. The van der Waals surface area contributed by atoms with Crippen LogP contribution in [0.4, 0.5) is 0 Å². The maximum Gasteiger partial charge on any atom is 0.0646 e. The third-order valence-electron chi connectivity index (χ3n) is 8.58. The molecule has 184 valence electrons. The van der Waals surface area contributed by atoms with E-state index in [0.29, 0.717) is 0 Å². The highest BCUT2D eigenvalue weighted by Crippen LogP contribution is 2.48. The second kappa shape index (κ2) is 7.96. The van der Waals surface area contributed by atoms with Gasteiger partial charge in [-0.25, -0.2) is 0 Å². The Morgan fingerprint density at radius 1 is 0.538 bits per heavy atom. The molecular weight excluding hydrogens is 587 g/mol. The summed E-state index contributed by atoms with van der Waals surface area (Å²) in [6, 6.07) is 36.1. The molecular formula is C36H23IN2. The lowest BCUT2D eigenvalue weighted by atomic mass is 9.91. The zero-order valence-electron chi connectivity index (χ0n) is 21.2. The van der Waals surface area contributed by atoms with Gasteiger partial charge in [0.15, 0.2) is 0 Å². The first-order valence-corrected chi connectivity index (χ1v) is 14.5. The fourth-order valence-corrected chi connectivity index (χ4v) is 7.75. The number of rotatable bonds is 2. The maximum atomic E-state index is 2.52. The highest BCUT2D eigenvalue weighted by atomic mass is 127. The van der Waals surface area contributed by atoms with Gasteiger partial charge in [0.05, 0.1) is 44.9 Å². The summed E-state index contributed by atoms with van der Waals surface area (Å²) in [5.74, 6) is 0. The molecule has 0 saturated heterocycles. The first-order chi connectivity index (χ1) is 19.3. The molecule has 0 atom stereocenters. The van der Waals surface area contributed by atoms with Crippen molar-refractivity contribution < 1.29 is 0 Å². The van der Waals surface area contributed by atoms with Crippen LogP contribution in [0.2, 0.25) is 0 Å². The summed E-state index contributed by atoms with van der Waals surface area (Å²) >= 11 is 2.52. The van der Waals surface area contributed by atoms with Gasteiger partial charge >= 0.3 is 0 Å². The van der Waals surface area contributed by atoms with Crippen molar-refractivity contribution in [1.29, 1.82) is 0 Å². The Balaban J connectivity index is 1.62. The molecule has 0 unspecified atom stereocenters. The van der Waals surface area contributed by atoms with Gasteiger partial charge in [-0.2, -0.15) is 0 Å². The van der Waals surface area contributed by atoms with Crippen LogP contribution < -0.4 is 0 Å². The Labute approximate surface area is 239 Å². The maximum absolute atomic E-state index is 2.52. The van der Waals surface area contributed by atoms with Gasteiger partial charge in [0, 0.05) is 27.2 Å². The minimum atomic E-state index is 1.10. The van der Waals surface area contributed by atoms with Crippen molar-refractivity contribution in [2.75, 3.05) is 0 Å². The Bertz CT molecular complexity index is 2330. The fourth-order valence-electron chi connectivity index (χ4n) is 6.97. The third kappa shape index (κ3) is 2.86. The molecule has 2 nitrogen and oxygen atoms in total. The van der Waals surface area contributed by atoms with Crippen molar-refractivity contribution in [2.45, 2.75) is 12.8 Å². The van der Waals surface area contributed by atoms with Crippen molar-refractivity contribution in [1.82, 2.24) is 7.35 Å². The third-order valence-corrected chi connectivity index (χ3v) is 9.62. The summed E-state index contributed by atoms with van der Waals surface area (Å²) < 4.78 is 4.83. The number of para-hydroxylation sites is 1. The summed E-state index contributed by atoms with van der Waals surface area (Å²) in [5.41, 5.74) is 8.87. The summed E-state index contributed by atoms with van der Waals surface area (Å²) in [5, 5.41) is 10.6. The van der Waals surface area contributed by atoms with Crippen LogP contribution in [0.1, 0.15) is 18.4 Å². The molecule has 0 N–H and O–H groups in total. The number of aromatic nitrogens is 2. The first-order valence-electron chi connectivity index (χ1n) is 13.6. The van der Waals surface area contributed by atoms with Crippen LogP contribution in [-0.2, 0) is 0 Å². The molecule has 39 heavy (non-hydrogen) atoms. The molecule has 8 aromatic rings. The predicted molar refractivity (Wildman–Crippen MR) is 176 cm³/mol. The van der Waals surface area contributed by atoms with Crippen molar-refractivity contribution in [3.63, 3.8) is 0 Å². The molecule has 0 fully saturated rings. The normalized spacial score (nSPS) is 14.1. The molecule has 0 radical (unpaired) electrons. The van der Waals surface area contributed by atoms with Crippen LogP contribution in [-0.4, -0.2) is 7.35 Å². The monoisotopic (exact) mass is 610 g/mol. The van der Waals surface area contributed by atoms with Gasteiger partial charge in [-0.1, -0.05) is 72.8 Å². The largest absolute Gasteiger partial charge is 0.309 e. The average molecular weight is 610 g/mol. The number of hydrogen-bond donors (Lipinski definition) is 0. The quantitative estimate of drug-likeness (QED) is 0.172. The van der Waals surface area contributed by atoms with Crippen LogP contribution in [0.3, 0.4) is 0 Å². The van der Waals surface area contributed by atoms with E-state index in [0.717, 1.165) is 12.8 Å². The Hall–Kier alpha value is -4.09. The van der Waals surface area contributed by atoms with Gasteiger partial charge in [0.2, 0.25) is 0 Å². The van der Waals surface area contributed by atoms with E-state index in [4.69, 9.17) is 0 Å². The van der Waals surface area contributed by atoms with Crippen LogP contribution >= 0.6 is 22.9 Å². The number of nitrogens with zero attached hydrogens (tertiary/aromatic N) is 2. The van der Waals surface area contributed by atoms with Gasteiger partial charge in [-0.05, 0) is 88.0 Å². The molecule has 2 aromatic heterocycles. The van der Waals surface area contributed by atoms with Gasteiger partial charge in [-0.15, -0.1) is 0 Å². The fraction of sp³-hybridized carbons (Fsp3) is 0.0556. The summed E-state index contributed by atoms with van der Waals surface area (Å²) in [7, 11) is 0. The molecule has 9 rings (SSSR count). The summed E-state index contributed by atoms with van der Waals surface area (Å²) in [6.45, 7) is 0. The molecule has 3 heteroatoms. The van der Waals surface area contributed by atoms with E-state index >= 15 is 0 Å². The van der Waals surface area contributed by atoms with E-state index in [1.54, 1.807) is 0 Å². The average Bonchev–Trinajstić information content (AvgIpc) is 3.49. The second-order valence-corrected chi connectivity index (χ2v) is 11.6. The number of fused-ring (bicyclic) bond motifs is 3. The van der Waals surface area contributed by atoms with Crippen molar-refractivity contribution in [3.8, 4) is 5.69 Å². The molecule has 1 aliphatic rings. The SMILES string of the molecule is In1c2cc(C3=CCCC=C3)cc3c4ccccc4c4cccc5c4c4c(c32)c1ccc4n5-c1ccccc1. The summed E-state index contributed by atoms with van der Waals surface area (Å²) in [6.07, 6.45) is 9.21. The minimum Gasteiger partial charge on any atom is -0.309 e. The van der Waals surface area contributed by atoms with Crippen LogP contribution in [0.15, 0.2) is 115 Å². The number of halogens is 1. The molecule has 0 saturated carbocycles. The highest BCUT2D eigenvalue weighted by molar-refractivity contribution is 14.1. The van der Waals surface area contributed by atoms with Gasteiger partial charge in [0.25, 0.3) is 0 Å². The van der Waals surface area contributed by atoms with E-state index in [1.807, 2.05) is 0 Å². The lowest BCUT2D eigenvalue weighted by molar-refractivity contribution is 1.04. The predicted octanol–water partition coefficient (Wildman–Crippen LogP) is 10.6. The number of benzene rings is 5. The highest BCUT2D eigenvalue weighted by Gasteiger charge is 2.23. The number of hydrogen-bond acceptors (Lipinski definition) is 0. The Morgan fingerprint density at radius 3 is 2.05 bits per heavy atom. The van der Waals surface area contributed by atoms with E-state index in [2.05, 4.69) is 146 Å². The van der Waals surface area contributed by atoms with E-state index < -0.39 is 0 Å². The smallest absolute Gasteiger partial charge is 0.0646 e. The zero-order valence-corrected chi connectivity index (χ0v) is 23.3. The second-order valence-electron chi connectivity index (χ2n) is 10.6. The molecule has 1 aliphatic carbocycles. The van der Waals surface area contributed by atoms with Gasteiger partial charge < -0.3 is 4.57 Å². The summed E-state index contributed by atoms with van der Waals surface area (Å²) in [4.78, 5) is 0. The van der Waals surface area contributed by atoms with Crippen LogP contribution in [0.5, 0.6) is 0 Å². The Morgan fingerprint density at radius 2 is 1.23 bits per heavy atom. The molecule has 0 spiro atoms. The number of allylic oxidation sites excluding steroid dienone is 4. The topological polar surface area (TPSA) is 9.86 Å². The lowest BCUT2D eigenvalue weighted by Gasteiger charge is -2.11. The lowest BCUT2D eigenvalue weighted by Crippen LogP contribution is -1.92. The van der Waals surface area contributed by atoms with Crippen molar-refractivity contribution >= 4 is 93.6 Å². The first kappa shape index (κ1) is 21.8. The molecule has 0 bridgehead atoms. The molecule has 0 amide bonds. The standard InChI is InChI=1S/C36H23IN2/c37-39-31-19-18-30-35-33-27(16-9-17-29(33)38(30)24-12-5-2-6-13-24)25-14-7-8-15-26(25)28-20-23(22-10-3-1-4-11-22)21-32(39)34(28)36(31)35/h2-3,5-21H,1,4H2. The van der Waals surface area contributed by atoms with Crippen LogP contribution in [0, 0.1) is 0 Å². The van der Waals surface area contributed by atoms with Gasteiger partial charge in [0.1, 0.15) is 0 Å². The van der Waals surface area contributed by atoms with Crippen LogP contribution in [0.25, 0.3) is 76.4 Å².